The second-order valence-electron chi connectivity index (χ2n) is 3.59. The molecule has 0 aliphatic carbocycles. The van der Waals surface area contributed by atoms with Crippen LogP contribution in [-0.2, 0) is 0 Å². The highest BCUT2D eigenvalue weighted by molar-refractivity contribution is 6.33. The number of hydrogen-bond acceptors (Lipinski definition) is 3. The number of pyridine rings is 1. The Morgan fingerprint density at radius 2 is 1.94 bits per heavy atom. The number of carbonyl (C=O) groups excluding carboxylic acids is 1. The van der Waals surface area contributed by atoms with E-state index in [1.165, 1.54) is 18.3 Å². The summed E-state index contributed by atoms with van der Waals surface area (Å²) in [5.41, 5.74) is 1.77. The number of carboxylic acids is 1. The number of aldehydes is 1. The Balaban J connectivity index is 2.47. The number of rotatable bonds is 3. The molecule has 0 saturated heterocycles. The van der Waals surface area contributed by atoms with Crippen LogP contribution in [0.5, 0.6) is 0 Å². The number of aromatic carboxylic acids is 1. The van der Waals surface area contributed by atoms with Gasteiger partial charge in [0.05, 0.1) is 10.6 Å². The molecule has 0 aliphatic rings. The molecule has 0 bridgehead atoms. The van der Waals surface area contributed by atoms with Gasteiger partial charge in [-0.3, -0.25) is 9.78 Å². The van der Waals surface area contributed by atoms with Crippen LogP contribution < -0.4 is 0 Å². The van der Waals surface area contributed by atoms with Gasteiger partial charge in [0.15, 0.2) is 6.29 Å². The molecular weight excluding hydrogens is 254 g/mol. The first-order valence-corrected chi connectivity index (χ1v) is 5.44. The van der Waals surface area contributed by atoms with Gasteiger partial charge in [-0.25, -0.2) is 4.79 Å². The third-order valence-corrected chi connectivity index (χ3v) is 2.77. The minimum atomic E-state index is -1.08. The summed E-state index contributed by atoms with van der Waals surface area (Å²) in [5.74, 6) is -1.08. The summed E-state index contributed by atoms with van der Waals surface area (Å²) in [5, 5.41) is 9.16. The lowest BCUT2D eigenvalue weighted by atomic mass is 10.0. The zero-order valence-electron chi connectivity index (χ0n) is 9.13. The van der Waals surface area contributed by atoms with Crippen molar-refractivity contribution in [2.45, 2.75) is 0 Å². The quantitative estimate of drug-likeness (QED) is 0.863. The molecule has 0 radical (unpaired) electrons. The van der Waals surface area contributed by atoms with Crippen molar-refractivity contribution in [3.63, 3.8) is 0 Å². The summed E-state index contributed by atoms with van der Waals surface area (Å²) in [6, 6.07) is 7.96. The molecule has 4 nitrogen and oxygen atoms in total. The Kier molecular flexibility index (Phi) is 3.39. The fourth-order valence-electron chi connectivity index (χ4n) is 1.51. The van der Waals surface area contributed by atoms with Crippen LogP contribution in [0, 0.1) is 0 Å². The van der Waals surface area contributed by atoms with Crippen LogP contribution in [0.3, 0.4) is 0 Å². The fourth-order valence-corrected chi connectivity index (χ4v) is 1.71. The van der Waals surface area contributed by atoms with Gasteiger partial charge in [-0.2, -0.15) is 0 Å². The first-order chi connectivity index (χ1) is 8.61. The van der Waals surface area contributed by atoms with Crippen LogP contribution in [0.25, 0.3) is 11.1 Å². The van der Waals surface area contributed by atoms with Crippen molar-refractivity contribution in [2.24, 2.45) is 0 Å². The lowest BCUT2D eigenvalue weighted by Gasteiger charge is -2.04. The Bertz CT molecular complexity index is 608. The number of benzene rings is 1. The van der Waals surface area contributed by atoms with Crippen molar-refractivity contribution in [3.8, 4) is 11.1 Å². The van der Waals surface area contributed by atoms with Gasteiger partial charge in [0.1, 0.15) is 5.69 Å². The van der Waals surface area contributed by atoms with E-state index in [-0.39, 0.29) is 10.6 Å². The molecule has 0 fully saturated rings. The van der Waals surface area contributed by atoms with E-state index < -0.39 is 5.97 Å². The van der Waals surface area contributed by atoms with Crippen LogP contribution in [0.15, 0.2) is 36.5 Å². The summed E-state index contributed by atoms with van der Waals surface area (Å²) in [6.45, 7) is 0. The summed E-state index contributed by atoms with van der Waals surface area (Å²) in [7, 11) is 0. The molecule has 1 N–H and O–H groups in total. The van der Waals surface area contributed by atoms with Crippen LogP contribution >= 0.6 is 11.6 Å². The molecule has 18 heavy (non-hydrogen) atoms. The molecule has 1 heterocycles. The zero-order valence-corrected chi connectivity index (χ0v) is 9.89. The first kappa shape index (κ1) is 12.3. The largest absolute Gasteiger partial charge is 0.478 e. The number of nitrogens with zero attached hydrogens (tertiary/aromatic N) is 1. The smallest absolute Gasteiger partial charge is 0.337 e. The maximum Gasteiger partial charge on any atom is 0.337 e. The SMILES string of the molecule is O=Cc1ccc(-c2ccc(Cl)c(C(=O)O)c2)cn1. The molecule has 0 amide bonds. The number of hydrogen-bond donors (Lipinski definition) is 1. The lowest BCUT2D eigenvalue weighted by Crippen LogP contribution is -1.97. The number of halogens is 1. The maximum absolute atomic E-state index is 11.0. The maximum atomic E-state index is 11.0. The predicted octanol–water partition coefficient (Wildman–Crippen LogP) is 2.91. The minimum Gasteiger partial charge on any atom is -0.478 e. The lowest BCUT2D eigenvalue weighted by molar-refractivity contribution is 0.0697. The van der Waals surface area contributed by atoms with Crippen molar-refractivity contribution in [1.82, 2.24) is 4.98 Å². The molecule has 2 aromatic rings. The Hall–Kier alpha value is -2.20. The number of carbonyl (C=O) groups is 2. The van der Waals surface area contributed by atoms with E-state index in [0.717, 1.165) is 5.56 Å². The monoisotopic (exact) mass is 261 g/mol. The van der Waals surface area contributed by atoms with Gasteiger partial charge in [0, 0.05) is 11.8 Å². The van der Waals surface area contributed by atoms with E-state index in [4.69, 9.17) is 16.7 Å². The van der Waals surface area contributed by atoms with E-state index in [1.54, 1.807) is 18.2 Å². The molecule has 0 saturated carbocycles. The average Bonchev–Trinajstić information content (AvgIpc) is 2.39. The third-order valence-electron chi connectivity index (χ3n) is 2.44. The molecular formula is C13H8ClNO3. The van der Waals surface area contributed by atoms with Crippen LogP contribution in [0.2, 0.25) is 5.02 Å². The molecule has 0 unspecified atom stereocenters. The van der Waals surface area contributed by atoms with Gasteiger partial charge in [-0.15, -0.1) is 0 Å². The molecule has 5 heteroatoms. The first-order valence-electron chi connectivity index (χ1n) is 5.06. The summed E-state index contributed by atoms with van der Waals surface area (Å²) >= 11 is 5.78. The predicted molar refractivity (Wildman–Crippen MR) is 67.0 cm³/mol. The number of aromatic nitrogens is 1. The van der Waals surface area contributed by atoms with Gasteiger partial charge in [-0.05, 0) is 23.8 Å². The second kappa shape index (κ2) is 4.98. The van der Waals surface area contributed by atoms with Crippen molar-refractivity contribution >= 4 is 23.9 Å². The van der Waals surface area contributed by atoms with Crippen LogP contribution in [0.1, 0.15) is 20.8 Å². The molecule has 90 valence electrons. The van der Waals surface area contributed by atoms with E-state index in [9.17, 15) is 9.59 Å². The molecule has 0 atom stereocenters. The van der Waals surface area contributed by atoms with E-state index >= 15 is 0 Å². The fraction of sp³-hybridized carbons (Fsp3) is 0. The molecule has 0 aliphatic heterocycles. The molecule has 1 aromatic heterocycles. The summed E-state index contributed by atoms with van der Waals surface area (Å²) in [6.07, 6.45) is 2.16. The zero-order chi connectivity index (χ0) is 13.1. The minimum absolute atomic E-state index is 0.0358. The third kappa shape index (κ3) is 2.38. The van der Waals surface area contributed by atoms with Gasteiger partial charge in [0.25, 0.3) is 0 Å². The van der Waals surface area contributed by atoms with Gasteiger partial charge in [0.2, 0.25) is 0 Å². The van der Waals surface area contributed by atoms with Crippen LogP contribution in [-0.4, -0.2) is 22.3 Å². The van der Waals surface area contributed by atoms with E-state index in [1.807, 2.05) is 0 Å². The molecule has 0 spiro atoms. The van der Waals surface area contributed by atoms with E-state index in [2.05, 4.69) is 4.98 Å². The highest BCUT2D eigenvalue weighted by Gasteiger charge is 2.10. The van der Waals surface area contributed by atoms with Gasteiger partial charge < -0.3 is 5.11 Å². The Morgan fingerprint density at radius 3 is 2.50 bits per heavy atom. The second-order valence-corrected chi connectivity index (χ2v) is 4.00. The van der Waals surface area contributed by atoms with Crippen molar-refractivity contribution < 1.29 is 14.7 Å². The highest BCUT2D eigenvalue weighted by atomic mass is 35.5. The van der Waals surface area contributed by atoms with Crippen molar-refractivity contribution in [2.75, 3.05) is 0 Å². The number of carboxylic acid groups (broad SMARTS) is 1. The topological polar surface area (TPSA) is 67.3 Å². The van der Waals surface area contributed by atoms with Crippen LogP contribution in [0.4, 0.5) is 0 Å². The van der Waals surface area contributed by atoms with E-state index in [0.29, 0.717) is 17.5 Å². The molecule has 2 rings (SSSR count). The van der Waals surface area contributed by atoms with Crippen molar-refractivity contribution in [1.29, 1.82) is 0 Å². The molecule has 1 aromatic carbocycles. The Morgan fingerprint density at radius 1 is 1.22 bits per heavy atom. The standard InChI is InChI=1S/C13H8ClNO3/c14-12-4-2-8(5-11(12)13(17)18)9-1-3-10(7-16)15-6-9/h1-7H,(H,17,18). The van der Waals surface area contributed by atoms with Gasteiger partial charge >= 0.3 is 5.97 Å². The normalized spacial score (nSPS) is 10.1. The average molecular weight is 262 g/mol. The Labute approximate surface area is 108 Å². The summed E-state index contributed by atoms with van der Waals surface area (Å²) in [4.78, 5) is 25.4. The highest BCUT2D eigenvalue weighted by Crippen LogP contribution is 2.24. The van der Waals surface area contributed by atoms with Crippen molar-refractivity contribution in [3.05, 3.63) is 52.8 Å². The summed E-state index contributed by atoms with van der Waals surface area (Å²) < 4.78 is 0. The van der Waals surface area contributed by atoms with Gasteiger partial charge in [-0.1, -0.05) is 23.7 Å².